The van der Waals surface area contributed by atoms with Crippen molar-refractivity contribution in [1.29, 1.82) is 0 Å². The van der Waals surface area contributed by atoms with Gasteiger partial charge in [-0.25, -0.2) is 0 Å². The van der Waals surface area contributed by atoms with Crippen LogP contribution in [0.3, 0.4) is 0 Å². The van der Waals surface area contributed by atoms with Crippen LogP contribution in [0.2, 0.25) is 0 Å². The van der Waals surface area contributed by atoms with Gasteiger partial charge in [0.25, 0.3) is 0 Å². The molecule has 0 aliphatic heterocycles. The molecule has 0 radical (unpaired) electrons. The SMILES string of the molecule is c1ccc(-c2cccc(-n3c4ccccc4c4cc(-n5c6ccccc6c6cc7c(cc65)c5ccccc5n7-c5ccc(-c6cccc(-n7c8ccccc8c8cc9c(cc87)c7ccccc7n9-c7cccc(-n8c9ccccc9c9ccccc98)c7)c6)cc5)ccc43)c2)cc1. The fraction of sp³-hybridized carbons (Fsp3) is 0. The lowest BCUT2D eigenvalue weighted by Gasteiger charge is -2.13. The van der Waals surface area contributed by atoms with Crippen LogP contribution in [0.25, 0.3) is 187 Å². The summed E-state index contributed by atoms with van der Waals surface area (Å²) in [5.74, 6) is 0. The minimum atomic E-state index is 1.12. The van der Waals surface area contributed by atoms with Gasteiger partial charge in [-0.05, 0) is 162 Å². The largest absolute Gasteiger partial charge is 0.309 e. The summed E-state index contributed by atoms with van der Waals surface area (Å²) in [5.41, 5.74) is 25.6. The van der Waals surface area contributed by atoms with Gasteiger partial charge < -0.3 is 27.4 Å². The summed E-state index contributed by atoms with van der Waals surface area (Å²) >= 11 is 0. The van der Waals surface area contributed by atoms with Crippen molar-refractivity contribution in [1.82, 2.24) is 27.4 Å². The van der Waals surface area contributed by atoms with E-state index in [-0.39, 0.29) is 0 Å². The average molecular weight is 1220 g/mol. The Morgan fingerprint density at radius 1 is 0.115 bits per heavy atom. The molecule has 96 heavy (non-hydrogen) atoms. The van der Waals surface area contributed by atoms with Crippen LogP contribution in [0, 0.1) is 0 Å². The van der Waals surface area contributed by atoms with E-state index in [1.54, 1.807) is 0 Å². The van der Waals surface area contributed by atoms with Crippen molar-refractivity contribution in [3.05, 3.63) is 340 Å². The van der Waals surface area contributed by atoms with Crippen LogP contribution < -0.4 is 0 Å². The van der Waals surface area contributed by atoms with E-state index in [0.717, 1.165) is 45.3 Å². The van der Waals surface area contributed by atoms with Gasteiger partial charge in [0.1, 0.15) is 0 Å². The van der Waals surface area contributed by atoms with Crippen LogP contribution in [-0.2, 0) is 0 Å². The molecule has 6 heteroatoms. The molecule has 0 aliphatic rings. The molecule has 6 aromatic heterocycles. The first-order valence-electron chi connectivity index (χ1n) is 33.1. The van der Waals surface area contributed by atoms with Crippen LogP contribution >= 0.6 is 0 Å². The molecule has 446 valence electrons. The molecule has 6 heterocycles. The molecule has 21 aromatic rings. The molecular weight excluding hydrogens is 1170 g/mol. The van der Waals surface area contributed by atoms with Crippen LogP contribution in [0.15, 0.2) is 340 Å². The first-order chi connectivity index (χ1) is 47.6. The molecular formula is C90H56N6. The van der Waals surface area contributed by atoms with Crippen molar-refractivity contribution in [3.63, 3.8) is 0 Å². The van der Waals surface area contributed by atoms with E-state index in [1.165, 1.54) is 142 Å². The molecule has 0 N–H and O–H groups in total. The molecule has 6 nitrogen and oxygen atoms in total. The summed E-state index contributed by atoms with van der Waals surface area (Å²) in [5, 5.41) is 14.7. The van der Waals surface area contributed by atoms with Crippen molar-refractivity contribution in [2.24, 2.45) is 0 Å². The van der Waals surface area contributed by atoms with Gasteiger partial charge in [-0.1, -0.05) is 200 Å². The van der Waals surface area contributed by atoms with Gasteiger partial charge in [0, 0.05) is 98.8 Å². The number of para-hydroxylation sites is 7. The van der Waals surface area contributed by atoms with Crippen LogP contribution in [0.5, 0.6) is 0 Å². The molecule has 21 rings (SSSR count). The van der Waals surface area contributed by atoms with Gasteiger partial charge in [0.15, 0.2) is 0 Å². The maximum absolute atomic E-state index is 2.48. The van der Waals surface area contributed by atoms with Gasteiger partial charge in [0.05, 0.1) is 66.2 Å². The van der Waals surface area contributed by atoms with Crippen molar-refractivity contribution >= 4 is 131 Å². The van der Waals surface area contributed by atoms with E-state index in [1.807, 2.05) is 0 Å². The Bertz CT molecular complexity index is 6770. The zero-order chi connectivity index (χ0) is 62.7. The maximum Gasteiger partial charge on any atom is 0.0548 e. The van der Waals surface area contributed by atoms with Crippen LogP contribution in [-0.4, -0.2) is 27.4 Å². The fourth-order valence-electron chi connectivity index (χ4n) is 16.4. The molecule has 0 unspecified atom stereocenters. The van der Waals surface area contributed by atoms with E-state index in [2.05, 4.69) is 367 Å². The highest BCUT2D eigenvalue weighted by Gasteiger charge is 2.23. The zero-order valence-corrected chi connectivity index (χ0v) is 52.0. The van der Waals surface area contributed by atoms with Gasteiger partial charge in [0.2, 0.25) is 0 Å². The number of hydrogen-bond acceptors (Lipinski definition) is 0. The Kier molecular flexibility index (Phi) is 11.1. The number of benzene rings is 15. The van der Waals surface area contributed by atoms with Gasteiger partial charge >= 0.3 is 0 Å². The standard InChI is InChI=1S/C90H56N6/c1-2-21-57(22-3-1)59-23-18-25-62(49-59)92-82-39-14-6-31-69(82)74-52-66(47-48-86(74)92)96-85-42-17-10-35-73(85)76-53-87-75(54-90(76)96)70-32-7-13-38-81(70)91(87)61-45-43-58(44-46-61)60-24-19-26-63(50-60)94-83-40-15-8-33-71(83)77-56-89-78(55-88(77)94)72-34-9-16-41-84(72)95(89)65-28-20-27-64(51-65)93-79-36-11-4-29-67(79)68-30-5-12-37-80(68)93/h1-56H. The van der Waals surface area contributed by atoms with Crippen LogP contribution in [0.4, 0.5) is 0 Å². The number of fused-ring (bicyclic) bond motifs is 18. The van der Waals surface area contributed by atoms with Crippen molar-refractivity contribution in [2.75, 3.05) is 0 Å². The van der Waals surface area contributed by atoms with Gasteiger partial charge in [-0.15, -0.1) is 0 Å². The van der Waals surface area contributed by atoms with E-state index in [4.69, 9.17) is 0 Å². The highest BCUT2D eigenvalue weighted by atomic mass is 15.0. The molecule has 0 atom stereocenters. The first kappa shape index (κ1) is 52.7. The molecule has 0 saturated heterocycles. The smallest absolute Gasteiger partial charge is 0.0548 e. The average Bonchev–Trinajstić information content (AvgIpc) is 1.63. The number of aromatic nitrogens is 6. The van der Waals surface area contributed by atoms with Gasteiger partial charge in [-0.3, -0.25) is 0 Å². The van der Waals surface area contributed by atoms with Crippen molar-refractivity contribution in [2.45, 2.75) is 0 Å². The third kappa shape index (κ3) is 7.63. The van der Waals surface area contributed by atoms with Crippen LogP contribution in [0.1, 0.15) is 0 Å². The summed E-state index contributed by atoms with van der Waals surface area (Å²) in [6, 6.07) is 126. The predicted molar refractivity (Wildman–Crippen MR) is 403 cm³/mol. The molecule has 0 amide bonds. The lowest BCUT2D eigenvalue weighted by molar-refractivity contribution is 1.13. The van der Waals surface area contributed by atoms with Crippen molar-refractivity contribution < 1.29 is 0 Å². The molecule has 0 aliphatic carbocycles. The van der Waals surface area contributed by atoms with Crippen molar-refractivity contribution in [3.8, 4) is 56.4 Å². The Morgan fingerprint density at radius 3 is 0.729 bits per heavy atom. The Labute approximate surface area is 551 Å². The lowest BCUT2D eigenvalue weighted by Crippen LogP contribution is -1.98. The maximum atomic E-state index is 2.48. The summed E-state index contributed by atoms with van der Waals surface area (Å²) in [6.07, 6.45) is 0. The summed E-state index contributed by atoms with van der Waals surface area (Å²) in [7, 11) is 0. The highest BCUT2D eigenvalue weighted by molar-refractivity contribution is 6.21. The summed E-state index contributed by atoms with van der Waals surface area (Å²) in [4.78, 5) is 0. The number of rotatable bonds is 8. The third-order valence-electron chi connectivity index (χ3n) is 20.5. The first-order valence-corrected chi connectivity index (χ1v) is 33.1. The Morgan fingerprint density at radius 2 is 0.354 bits per heavy atom. The minimum absolute atomic E-state index is 1.12. The second-order valence-corrected chi connectivity index (χ2v) is 25.6. The normalized spacial score (nSPS) is 12.2. The molecule has 0 spiro atoms. The van der Waals surface area contributed by atoms with E-state index < -0.39 is 0 Å². The van der Waals surface area contributed by atoms with E-state index in [0.29, 0.717) is 0 Å². The third-order valence-corrected chi connectivity index (χ3v) is 20.5. The number of hydrogen-bond donors (Lipinski definition) is 0. The Balaban J connectivity index is 0.666. The summed E-state index contributed by atoms with van der Waals surface area (Å²) < 4.78 is 14.7. The number of nitrogens with zero attached hydrogens (tertiary/aromatic N) is 6. The van der Waals surface area contributed by atoms with E-state index >= 15 is 0 Å². The fourth-order valence-corrected chi connectivity index (χ4v) is 16.4. The minimum Gasteiger partial charge on any atom is -0.309 e. The summed E-state index contributed by atoms with van der Waals surface area (Å²) in [6.45, 7) is 0. The topological polar surface area (TPSA) is 29.6 Å². The highest BCUT2D eigenvalue weighted by Crippen LogP contribution is 2.45. The van der Waals surface area contributed by atoms with E-state index in [9.17, 15) is 0 Å². The predicted octanol–water partition coefficient (Wildman–Crippen LogP) is 23.6. The lowest BCUT2D eigenvalue weighted by atomic mass is 10.0. The Hall–Kier alpha value is -12.9. The quantitative estimate of drug-likeness (QED) is 0.145. The second-order valence-electron chi connectivity index (χ2n) is 25.6. The van der Waals surface area contributed by atoms with Gasteiger partial charge in [-0.2, -0.15) is 0 Å². The molecule has 0 saturated carbocycles. The monoisotopic (exact) mass is 1220 g/mol. The zero-order valence-electron chi connectivity index (χ0n) is 52.0. The molecule has 0 fully saturated rings. The second kappa shape index (κ2) is 20.3. The molecule has 0 bridgehead atoms. The molecule has 15 aromatic carbocycles.